The fourth-order valence-corrected chi connectivity index (χ4v) is 4.51. The summed E-state index contributed by atoms with van der Waals surface area (Å²) in [5.74, 6) is 0.915. The quantitative estimate of drug-likeness (QED) is 0.663. The molecule has 2 heterocycles. The second-order valence-electron chi connectivity index (χ2n) is 7.61. The Balaban J connectivity index is 1.37. The van der Waals surface area contributed by atoms with Crippen molar-refractivity contribution in [3.8, 4) is 11.4 Å². The third-order valence-corrected chi connectivity index (χ3v) is 6.05. The monoisotopic (exact) mass is 368 g/mol. The van der Waals surface area contributed by atoms with E-state index in [1.807, 2.05) is 6.92 Å². The van der Waals surface area contributed by atoms with E-state index in [1.54, 1.807) is 6.33 Å². The van der Waals surface area contributed by atoms with Gasteiger partial charge in [-0.05, 0) is 75.7 Å². The Hall–Kier alpha value is -2.21. The van der Waals surface area contributed by atoms with Crippen LogP contribution in [0.4, 0.5) is 0 Å². The van der Waals surface area contributed by atoms with E-state index in [9.17, 15) is 4.79 Å². The van der Waals surface area contributed by atoms with Crippen LogP contribution in [0.15, 0.2) is 24.5 Å². The zero-order chi connectivity index (χ0) is 18.6. The van der Waals surface area contributed by atoms with E-state index >= 15 is 0 Å². The maximum absolute atomic E-state index is 12.0. The lowest BCUT2D eigenvalue weighted by Crippen LogP contribution is -2.43. The number of aryl methyl sites for hydroxylation is 2. The third-order valence-electron chi connectivity index (χ3n) is 6.05. The second kappa shape index (κ2) is 8.21. The van der Waals surface area contributed by atoms with Gasteiger partial charge < -0.3 is 9.64 Å². The van der Waals surface area contributed by atoms with Crippen molar-refractivity contribution in [2.45, 2.75) is 51.5 Å². The maximum atomic E-state index is 12.0. The highest BCUT2D eigenvalue weighted by Gasteiger charge is 2.30. The topological polar surface area (TPSA) is 71.1 Å². The van der Waals surface area contributed by atoms with Gasteiger partial charge in [-0.2, -0.15) is 5.10 Å². The van der Waals surface area contributed by atoms with Crippen LogP contribution in [0.25, 0.3) is 11.4 Å². The summed E-state index contributed by atoms with van der Waals surface area (Å²) in [5.41, 5.74) is 4.01. The van der Waals surface area contributed by atoms with Gasteiger partial charge in [0.15, 0.2) is 5.82 Å². The molecule has 6 nitrogen and oxygen atoms in total. The van der Waals surface area contributed by atoms with Crippen LogP contribution < -0.4 is 0 Å². The third kappa shape index (κ3) is 4.05. The van der Waals surface area contributed by atoms with Crippen molar-refractivity contribution in [1.82, 2.24) is 20.1 Å². The molecule has 1 aromatic carbocycles. The zero-order valence-electron chi connectivity index (χ0n) is 16.0. The van der Waals surface area contributed by atoms with Gasteiger partial charge in [-0.25, -0.2) is 4.98 Å². The minimum Gasteiger partial charge on any atom is -0.466 e. The van der Waals surface area contributed by atoms with Crippen LogP contribution in [-0.2, 0) is 22.4 Å². The van der Waals surface area contributed by atoms with Gasteiger partial charge >= 0.3 is 5.97 Å². The molecule has 144 valence electrons. The van der Waals surface area contributed by atoms with Gasteiger partial charge in [-0.1, -0.05) is 12.1 Å². The number of esters is 1. The van der Waals surface area contributed by atoms with E-state index in [-0.39, 0.29) is 11.9 Å². The van der Waals surface area contributed by atoms with Crippen molar-refractivity contribution in [1.29, 1.82) is 0 Å². The number of aromatic nitrogens is 3. The lowest BCUT2D eigenvalue weighted by molar-refractivity contribution is -0.149. The number of aromatic amines is 1. The zero-order valence-corrected chi connectivity index (χ0v) is 16.0. The SMILES string of the molecule is CCOC(=O)C1CCN(C2CCc3ccc(-c4ncn[nH]4)cc3CC2)CC1. The molecule has 1 unspecified atom stereocenters. The first-order chi connectivity index (χ1) is 13.2. The predicted molar refractivity (Wildman–Crippen MR) is 103 cm³/mol. The number of fused-ring (bicyclic) bond motifs is 1. The number of nitrogens with one attached hydrogen (secondary N) is 1. The number of H-pyrrole nitrogens is 1. The summed E-state index contributed by atoms with van der Waals surface area (Å²) in [4.78, 5) is 18.8. The molecule has 1 atom stereocenters. The standard InChI is InChI=1S/C21H28N4O2/c1-2-27-21(26)16-9-11-25(12-10-16)19-7-5-15-3-4-18(13-17(15)6-8-19)20-22-14-23-24-20/h3-4,13-14,16,19H,2,5-12H2,1H3,(H,22,23,24). The number of benzene rings is 1. The number of likely N-dealkylation sites (tertiary alicyclic amines) is 1. The van der Waals surface area contributed by atoms with Crippen molar-refractivity contribution in [3.63, 3.8) is 0 Å². The lowest BCUT2D eigenvalue weighted by atomic mass is 9.94. The van der Waals surface area contributed by atoms with Gasteiger partial charge in [-0.15, -0.1) is 0 Å². The van der Waals surface area contributed by atoms with Crippen LogP contribution in [-0.4, -0.2) is 51.8 Å². The van der Waals surface area contributed by atoms with Crippen LogP contribution in [0.5, 0.6) is 0 Å². The lowest BCUT2D eigenvalue weighted by Gasteiger charge is -2.36. The molecular weight excluding hydrogens is 340 g/mol. The normalized spacial score (nSPS) is 21.4. The van der Waals surface area contributed by atoms with E-state index in [2.05, 4.69) is 38.3 Å². The fourth-order valence-electron chi connectivity index (χ4n) is 4.51. The first kappa shape index (κ1) is 18.2. The average Bonchev–Trinajstić information content (AvgIpc) is 3.15. The summed E-state index contributed by atoms with van der Waals surface area (Å²) in [6.07, 6.45) is 8.00. The summed E-state index contributed by atoms with van der Waals surface area (Å²) < 4.78 is 5.20. The second-order valence-corrected chi connectivity index (χ2v) is 7.61. The molecule has 0 amide bonds. The van der Waals surface area contributed by atoms with Gasteiger partial charge in [0, 0.05) is 11.6 Å². The van der Waals surface area contributed by atoms with Crippen LogP contribution in [0.1, 0.15) is 43.7 Å². The van der Waals surface area contributed by atoms with Gasteiger partial charge in [0.05, 0.1) is 12.5 Å². The van der Waals surface area contributed by atoms with Gasteiger partial charge in [0.2, 0.25) is 0 Å². The molecule has 6 heteroatoms. The van der Waals surface area contributed by atoms with Gasteiger partial charge in [0.1, 0.15) is 6.33 Å². The number of nitrogens with zero attached hydrogens (tertiary/aromatic N) is 3. The molecule has 27 heavy (non-hydrogen) atoms. The molecule has 1 aliphatic heterocycles. The summed E-state index contributed by atoms with van der Waals surface area (Å²) in [6, 6.07) is 7.27. The van der Waals surface area contributed by atoms with E-state index in [0.717, 1.165) is 50.2 Å². The average molecular weight is 368 g/mol. The number of carbonyl (C=O) groups is 1. The molecule has 1 saturated heterocycles. The number of rotatable bonds is 4. The minimum atomic E-state index is -0.00892. The van der Waals surface area contributed by atoms with Crippen molar-refractivity contribution in [3.05, 3.63) is 35.7 Å². The molecule has 0 bridgehead atoms. The van der Waals surface area contributed by atoms with Crippen LogP contribution in [0.2, 0.25) is 0 Å². The smallest absolute Gasteiger partial charge is 0.309 e. The first-order valence-electron chi connectivity index (χ1n) is 10.1. The largest absolute Gasteiger partial charge is 0.466 e. The number of carbonyl (C=O) groups excluding carboxylic acids is 1. The predicted octanol–water partition coefficient (Wildman–Crippen LogP) is 2.99. The Labute approximate surface area is 160 Å². The van der Waals surface area contributed by atoms with Gasteiger partial charge in [-0.3, -0.25) is 9.89 Å². The molecular formula is C21H28N4O2. The Morgan fingerprint density at radius 1 is 1.19 bits per heavy atom. The maximum Gasteiger partial charge on any atom is 0.309 e. The molecule has 0 saturated carbocycles. The van der Waals surface area contributed by atoms with Crippen LogP contribution in [0, 0.1) is 5.92 Å². The van der Waals surface area contributed by atoms with Crippen molar-refractivity contribution >= 4 is 5.97 Å². The molecule has 1 aromatic heterocycles. The minimum absolute atomic E-state index is 0.00892. The molecule has 0 spiro atoms. The first-order valence-corrected chi connectivity index (χ1v) is 10.1. The number of hydrogen-bond donors (Lipinski definition) is 1. The summed E-state index contributed by atoms with van der Waals surface area (Å²) in [5, 5.41) is 6.91. The highest BCUT2D eigenvalue weighted by Crippen LogP contribution is 2.29. The molecule has 0 radical (unpaired) electrons. The van der Waals surface area contributed by atoms with Crippen LogP contribution >= 0.6 is 0 Å². The Kier molecular flexibility index (Phi) is 5.53. The molecule has 2 aliphatic rings. The molecule has 2 aromatic rings. The van der Waals surface area contributed by atoms with E-state index in [4.69, 9.17) is 4.74 Å². The fraction of sp³-hybridized carbons (Fsp3) is 0.571. The number of piperidine rings is 1. The highest BCUT2D eigenvalue weighted by molar-refractivity contribution is 5.72. The molecule has 1 aliphatic carbocycles. The summed E-state index contributed by atoms with van der Waals surface area (Å²) >= 11 is 0. The van der Waals surface area contributed by atoms with E-state index in [0.29, 0.717) is 12.6 Å². The highest BCUT2D eigenvalue weighted by atomic mass is 16.5. The van der Waals surface area contributed by atoms with E-state index in [1.165, 1.54) is 24.0 Å². The summed E-state index contributed by atoms with van der Waals surface area (Å²) in [7, 11) is 0. The van der Waals surface area contributed by atoms with Gasteiger partial charge in [0.25, 0.3) is 0 Å². The Bertz CT molecular complexity index is 766. The van der Waals surface area contributed by atoms with Crippen LogP contribution in [0.3, 0.4) is 0 Å². The summed E-state index contributed by atoms with van der Waals surface area (Å²) in [6.45, 7) is 4.38. The van der Waals surface area contributed by atoms with Crippen molar-refractivity contribution in [2.75, 3.05) is 19.7 Å². The molecule has 1 fully saturated rings. The molecule has 1 N–H and O–H groups in total. The number of ether oxygens (including phenoxy) is 1. The van der Waals surface area contributed by atoms with E-state index < -0.39 is 0 Å². The number of hydrogen-bond acceptors (Lipinski definition) is 5. The van der Waals surface area contributed by atoms with Crippen molar-refractivity contribution in [2.24, 2.45) is 5.92 Å². The van der Waals surface area contributed by atoms with Crippen molar-refractivity contribution < 1.29 is 9.53 Å². The Morgan fingerprint density at radius 3 is 2.67 bits per heavy atom. The molecule has 4 rings (SSSR count). The Morgan fingerprint density at radius 2 is 1.96 bits per heavy atom.